The van der Waals surface area contributed by atoms with Gasteiger partial charge in [-0.25, -0.2) is 8.42 Å². The lowest BCUT2D eigenvalue weighted by Crippen LogP contribution is -2.35. The Labute approximate surface area is 193 Å². The largest absolute Gasteiger partial charge is 0.341 e. The molecule has 7 nitrogen and oxygen atoms in total. The van der Waals surface area contributed by atoms with E-state index in [0.717, 1.165) is 49.3 Å². The van der Waals surface area contributed by atoms with Crippen molar-refractivity contribution in [3.63, 3.8) is 0 Å². The van der Waals surface area contributed by atoms with Gasteiger partial charge in [-0.2, -0.15) is 9.57 Å². The Balaban J connectivity index is 1.31. The van der Waals surface area contributed by atoms with E-state index in [1.807, 2.05) is 29.2 Å². The maximum atomic E-state index is 12.9. The molecule has 170 valence electrons. The summed E-state index contributed by atoms with van der Waals surface area (Å²) in [4.78, 5) is 17.9. The number of amides is 1. The molecule has 0 unspecified atom stereocenters. The van der Waals surface area contributed by atoms with E-state index in [-0.39, 0.29) is 12.3 Å². The molecule has 0 radical (unpaired) electrons. The molecule has 2 aliphatic heterocycles. The summed E-state index contributed by atoms with van der Waals surface area (Å²) in [5.41, 5.74) is 1.82. The predicted octanol–water partition coefficient (Wildman–Crippen LogP) is 2.68. The first-order valence-electron chi connectivity index (χ1n) is 11.0. The Morgan fingerprint density at radius 1 is 0.938 bits per heavy atom. The Morgan fingerprint density at radius 3 is 2.41 bits per heavy atom. The lowest BCUT2D eigenvalue weighted by molar-refractivity contribution is -0.130. The summed E-state index contributed by atoms with van der Waals surface area (Å²) in [6.07, 6.45) is 2.97. The Morgan fingerprint density at radius 2 is 1.69 bits per heavy atom. The van der Waals surface area contributed by atoms with Crippen LogP contribution in [0.25, 0.3) is 0 Å². The van der Waals surface area contributed by atoms with E-state index in [0.29, 0.717) is 36.0 Å². The number of rotatable bonds is 6. The maximum absolute atomic E-state index is 12.9. The van der Waals surface area contributed by atoms with Gasteiger partial charge in [-0.3, -0.25) is 9.69 Å². The molecular weight excluding hydrogens is 444 g/mol. The number of benzene rings is 1. The minimum absolute atomic E-state index is 0.0530. The normalized spacial score (nSPS) is 18.4. The van der Waals surface area contributed by atoms with Gasteiger partial charge in [0.15, 0.2) is 0 Å². The summed E-state index contributed by atoms with van der Waals surface area (Å²) in [5.74, 6) is 0.0530. The molecule has 2 aliphatic rings. The van der Waals surface area contributed by atoms with Gasteiger partial charge in [-0.15, -0.1) is 11.3 Å². The zero-order valence-corrected chi connectivity index (χ0v) is 19.7. The van der Waals surface area contributed by atoms with E-state index in [2.05, 4.69) is 11.0 Å². The van der Waals surface area contributed by atoms with Gasteiger partial charge in [0.05, 0.1) is 18.1 Å². The molecule has 0 aliphatic carbocycles. The third kappa shape index (κ3) is 5.38. The van der Waals surface area contributed by atoms with Gasteiger partial charge < -0.3 is 4.90 Å². The quantitative estimate of drug-likeness (QED) is 0.645. The fraction of sp³-hybridized carbons (Fsp3) is 0.478. The highest BCUT2D eigenvalue weighted by atomic mass is 32.2. The molecule has 2 saturated heterocycles. The number of hydrogen-bond acceptors (Lipinski definition) is 6. The lowest BCUT2D eigenvalue weighted by atomic mass is 10.1. The van der Waals surface area contributed by atoms with Gasteiger partial charge >= 0.3 is 0 Å². The summed E-state index contributed by atoms with van der Waals surface area (Å²) < 4.78 is 27.3. The van der Waals surface area contributed by atoms with Crippen LogP contribution in [-0.4, -0.2) is 67.7 Å². The van der Waals surface area contributed by atoms with Crippen LogP contribution >= 0.6 is 11.3 Å². The van der Waals surface area contributed by atoms with Crippen molar-refractivity contribution in [1.82, 2.24) is 14.1 Å². The van der Waals surface area contributed by atoms with Crippen molar-refractivity contribution in [3.8, 4) is 6.07 Å². The molecule has 32 heavy (non-hydrogen) atoms. The van der Waals surface area contributed by atoms with Crippen LogP contribution in [0.15, 0.2) is 40.6 Å². The summed E-state index contributed by atoms with van der Waals surface area (Å²) in [7, 11) is -3.42. The van der Waals surface area contributed by atoms with Crippen LogP contribution in [-0.2, 0) is 27.8 Å². The molecule has 1 aromatic carbocycles. The summed E-state index contributed by atoms with van der Waals surface area (Å²) in [5, 5.41) is 8.94. The highest BCUT2D eigenvalue weighted by molar-refractivity contribution is 7.91. The molecule has 0 spiro atoms. The second kappa shape index (κ2) is 10.1. The average molecular weight is 473 g/mol. The van der Waals surface area contributed by atoms with Crippen LogP contribution in [0.1, 0.15) is 35.3 Å². The van der Waals surface area contributed by atoms with Crippen LogP contribution in [0.5, 0.6) is 0 Å². The second-order valence-corrected chi connectivity index (χ2v) is 11.7. The molecule has 2 aromatic rings. The van der Waals surface area contributed by atoms with Crippen LogP contribution in [0, 0.1) is 11.3 Å². The van der Waals surface area contributed by atoms with Crippen LogP contribution in [0.3, 0.4) is 0 Å². The van der Waals surface area contributed by atoms with Crippen molar-refractivity contribution in [1.29, 1.82) is 5.26 Å². The third-order valence-corrected chi connectivity index (χ3v) is 9.50. The molecule has 0 atom stereocenters. The molecule has 2 fully saturated rings. The number of carbonyl (C=O) groups is 1. The molecule has 9 heteroatoms. The van der Waals surface area contributed by atoms with Gasteiger partial charge in [-0.05, 0) is 49.1 Å². The second-order valence-electron chi connectivity index (χ2n) is 8.33. The SMILES string of the molecule is N#Cc1ccc(CN2CCCN(C(=O)Cc3ccc(S(=O)(=O)N4CCCC4)s3)CC2)cc1. The Hall–Kier alpha value is -2.25. The van der Waals surface area contributed by atoms with Crippen molar-refractivity contribution in [2.75, 3.05) is 39.3 Å². The van der Waals surface area contributed by atoms with Crippen molar-refractivity contribution in [2.45, 2.75) is 36.4 Å². The summed E-state index contributed by atoms with van der Waals surface area (Å²) >= 11 is 1.22. The van der Waals surface area contributed by atoms with E-state index in [4.69, 9.17) is 5.26 Å². The van der Waals surface area contributed by atoms with Crippen molar-refractivity contribution in [3.05, 3.63) is 52.4 Å². The van der Waals surface area contributed by atoms with Crippen molar-refractivity contribution < 1.29 is 13.2 Å². The van der Waals surface area contributed by atoms with Gasteiger partial charge in [0.25, 0.3) is 10.0 Å². The topological polar surface area (TPSA) is 84.7 Å². The number of nitrogens with zero attached hydrogens (tertiary/aromatic N) is 4. The first kappa shape index (κ1) is 22.9. The van der Waals surface area contributed by atoms with Gasteiger partial charge in [-0.1, -0.05) is 12.1 Å². The Bertz CT molecular complexity index is 1080. The monoisotopic (exact) mass is 472 g/mol. The summed E-state index contributed by atoms with van der Waals surface area (Å²) in [6, 6.07) is 13.2. The number of thiophene rings is 1. The molecular formula is C23H28N4O3S2. The zero-order chi connectivity index (χ0) is 22.6. The third-order valence-electron chi connectivity index (χ3n) is 6.05. The lowest BCUT2D eigenvalue weighted by Gasteiger charge is -2.22. The summed E-state index contributed by atoms with van der Waals surface area (Å²) in [6.45, 7) is 5.07. The standard InChI is InChI=1S/C23H28N4O3S2/c24-17-19-4-6-20(7-5-19)18-25-10-3-11-26(15-14-25)22(28)16-21-8-9-23(31-21)32(29,30)27-12-1-2-13-27/h4-9H,1-3,10-16,18H2. The first-order chi connectivity index (χ1) is 15.5. The molecule has 4 rings (SSSR count). The molecule has 0 bridgehead atoms. The van der Waals surface area contributed by atoms with Crippen LogP contribution < -0.4 is 0 Å². The highest BCUT2D eigenvalue weighted by Gasteiger charge is 2.29. The van der Waals surface area contributed by atoms with Gasteiger partial charge in [0.2, 0.25) is 5.91 Å². The van der Waals surface area contributed by atoms with Crippen LogP contribution in [0.2, 0.25) is 0 Å². The number of carbonyl (C=O) groups excluding carboxylic acids is 1. The van der Waals surface area contributed by atoms with E-state index < -0.39 is 10.0 Å². The predicted molar refractivity (Wildman–Crippen MR) is 124 cm³/mol. The van der Waals surface area contributed by atoms with E-state index in [9.17, 15) is 13.2 Å². The number of nitriles is 1. The van der Waals surface area contributed by atoms with Crippen molar-refractivity contribution in [2.24, 2.45) is 0 Å². The van der Waals surface area contributed by atoms with Gasteiger partial charge in [0, 0.05) is 50.7 Å². The van der Waals surface area contributed by atoms with Crippen molar-refractivity contribution >= 4 is 27.3 Å². The zero-order valence-electron chi connectivity index (χ0n) is 18.1. The fourth-order valence-corrected chi connectivity index (χ4v) is 7.25. The van der Waals surface area contributed by atoms with E-state index in [1.54, 1.807) is 16.4 Å². The number of sulfonamides is 1. The molecule has 1 amide bonds. The smallest absolute Gasteiger partial charge is 0.252 e. The average Bonchev–Trinajstić information content (AvgIpc) is 3.45. The van der Waals surface area contributed by atoms with E-state index in [1.165, 1.54) is 11.3 Å². The highest BCUT2D eigenvalue weighted by Crippen LogP contribution is 2.28. The molecule has 0 saturated carbocycles. The van der Waals surface area contributed by atoms with Crippen LogP contribution in [0.4, 0.5) is 0 Å². The molecule has 3 heterocycles. The minimum atomic E-state index is -3.42. The number of hydrogen-bond donors (Lipinski definition) is 0. The first-order valence-corrected chi connectivity index (χ1v) is 13.3. The Kier molecular flexibility index (Phi) is 7.26. The van der Waals surface area contributed by atoms with E-state index >= 15 is 0 Å². The fourth-order valence-electron chi connectivity index (χ4n) is 4.23. The molecule has 1 aromatic heterocycles. The van der Waals surface area contributed by atoms with Gasteiger partial charge in [0.1, 0.15) is 4.21 Å². The maximum Gasteiger partial charge on any atom is 0.252 e. The molecule has 0 N–H and O–H groups in total. The minimum Gasteiger partial charge on any atom is -0.341 e.